The van der Waals surface area contributed by atoms with Crippen molar-refractivity contribution in [2.45, 2.75) is 66.8 Å². The van der Waals surface area contributed by atoms with Gasteiger partial charge in [-0.1, -0.05) is 58.2 Å². The van der Waals surface area contributed by atoms with E-state index in [1.54, 1.807) is 0 Å². The molecular formula is C18H31N. The van der Waals surface area contributed by atoms with E-state index in [2.05, 4.69) is 58.1 Å². The van der Waals surface area contributed by atoms with Crippen LogP contribution < -0.4 is 5.32 Å². The minimum atomic E-state index is 0.410. The molecule has 1 rings (SSSR count). The Balaban J connectivity index is 2.38. The van der Waals surface area contributed by atoms with E-state index in [9.17, 15) is 0 Å². The number of aryl methyl sites for hydroxylation is 1. The number of hydrogen-bond acceptors (Lipinski definition) is 1. The molecule has 0 bridgehead atoms. The van der Waals surface area contributed by atoms with E-state index >= 15 is 0 Å². The summed E-state index contributed by atoms with van der Waals surface area (Å²) in [4.78, 5) is 0. The van der Waals surface area contributed by atoms with Crippen LogP contribution in [-0.2, 0) is 6.54 Å². The van der Waals surface area contributed by atoms with Crippen LogP contribution in [0.4, 0.5) is 0 Å². The molecule has 1 heteroatoms. The molecule has 108 valence electrons. The van der Waals surface area contributed by atoms with E-state index in [1.807, 2.05) is 0 Å². The Bertz CT molecular complexity index is 379. The fourth-order valence-corrected chi connectivity index (χ4v) is 2.48. The third kappa shape index (κ3) is 5.78. The third-order valence-corrected chi connectivity index (χ3v) is 4.09. The third-order valence-electron chi connectivity index (χ3n) is 4.09. The minimum Gasteiger partial charge on any atom is -0.312 e. The van der Waals surface area contributed by atoms with Gasteiger partial charge in [0, 0.05) is 13.1 Å². The van der Waals surface area contributed by atoms with Gasteiger partial charge in [0.25, 0.3) is 0 Å². The largest absolute Gasteiger partial charge is 0.312 e. The van der Waals surface area contributed by atoms with Crippen LogP contribution >= 0.6 is 0 Å². The molecule has 1 nitrogen and oxygen atoms in total. The van der Waals surface area contributed by atoms with Crippen molar-refractivity contribution in [3.63, 3.8) is 0 Å². The van der Waals surface area contributed by atoms with Crippen LogP contribution in [0, 0.1) is 19.3 Å². The average Bonchev–Trinajstić information content (AvgIpc) is 2.34. The number of rotatable bonds is 8. The summed E-state index contributed by atoms with van der Waals surface area (Å²) >= 11 is 0. The first-order valence-corrected chi connectivity index (χ1v) is 7.72. The van der Waals surface area contributed by atoms with Crippen molar-refractivity contribution in [3.8, 4) is 0 Å². The van der Waals surface area contributed by atoms with E-state index in [1.165, 1.54) is 42.4 Å². The highest BCUT2D eigenvalue weighted by molar-refractivity contribution is 5.32. The van der Waals surface area contributed by atoms with Crippen molar-refractivity contribution in [1.82, 2.24) is 5.32 Å². The summed E-state index contributed by atoms with van der Waals surface area (Å²) in [7, 11) is 0. The summed E-state index contributed by atoms with van der Waals surface area (Å²) in [5.74, 6) is 0. The van der Waals surface area contributed by atoms with Crippen molar-refractivity contribution in [1.29, 1.82) is 0 Å². The summed E-state index contributed by atoms with van der Waals surface area (Å²) in [6.45, 7) is 13.5. The normalized spacial score (nSPS) is 11.8. The standard InChI is InChI=1S/C18H31N/c1-6-7-8-12-18(4,5)14-19-13-17-11-9-10-15(2)16(17)3/h9-11,19H,6-8,12-14H2,1-5H3. The first-order valence-electron chi connectivity index (χ1n) is 7.72. The molecule has 19 heavy (non-hydrogen) atoms. The van der Waals surface area contributed by atoms with Gasteiger partial charge in [-0.05, 0) is 42.4 Å². The zero-order valence-corrected chi connectivity index (χ0v) is 13.5. The fourth-order valence-electron chi connectivity index (χ4n) is 2.48. The molecule has 0 saturated heterocycles. The Kier molecular flexibility index (Phi) is 6.57. The summed E-state index contributed by atoms with van der Waals surface area (Å²) < 4.78 is 0. The van der Waals surface area contributed by atoms with E-state index in [0.29, 0.717) is 5.41 Å². The second kappa shape index (κ2) is 7.69. The lowest BCUT2D eigenvalue weighted by Gasteiger charge is -2.25. The lowest BCUT2D eigenvalue weighted by Crippen LogP contribution is -2.29. The zero-order chi connectivity index (χ0) is 14.3. The van der Waals surface area contributed by atoms with Gasteiger partial charge in [0.2, 0.25) is 0 Å². The highest BCUT2D eigenvalue weighted by Gasteiger charge is 2.16. The number of unbranched alkanes of at least 4 members (excludes halogenated alkanes) is 2. The predicted molar refractivity (Wildman–Crippen MR) is 85.5 cm³/mol. The van der Waals surface area contributed by atoms with Crippen molar-refractivity contribution in [3.05, 3.63) is 34.9 Å². The molecule has 1 aromatic rings. The number of benzene rings is 1. The lowest BCUT2D eigenvalue weighted by molar-refractivity contribution is 0.302. The summed E-state index contributed by atoms with van der Waals surface area (Å²) in [6.07, 6.45) is 5.35. The molecule has 0 radical (unpaired) electrons. The van der Waals surface area contributed by atoms with Crippen LogP contribution in [0.2, 0.25) is 0 Å². The van der Waals surface area contributed by atoms with Gasteiger partial charge >= 0.3 is 0 Å². The van der Waals surface area contributed by atoms with E-state index < -0.39 is 0 Å². The Morgan fingerprint density at radius 3 is 2.53 bits per heavy atom. The molecule has 0 atom stereocenters. The molecule has 0 aliphatic heterocycles. The van der Waals surface area contributed by atoms with Crippen molar-refractivity contribution in [2.24, 2.45) is 5.41 Å². The Morgan fingerprint density at radius 2 is 1.84 bits per heavy atom. The van der Waals surface area contributed by atoms with Crippen LogP contribution in [0.3, 0.4) is 0 Å². The van der Waals surface area contributed by atoms with Gasteiger partial charge in [-0.3, -0.25) is 0 Å². The molecule has 1 N–H and O–H groups in total. The molecule has 0 amide bonds. The maximum absolute atomic E-state index is 3.64. The van der Waals surface area contributed by atoms with Gasteiger partial charge in [0.1, 0.15) is 0 Å². The smallest absolute Gasteiger partial charge is 0.0208 e. The van der Waals surface area contributed by atoms with Gasteiger partial charge in [0.15, 0.2) is 0 Å². The van der Waals surface area contributed by atoms with Gasteiger partial charge in [-0.25, -0.2) is 0 Å². The second-order valence-corrected chi connectivity index (χ2v) is 6.58. The first kappa shape index (κ1) is 16.2. The maximum atomic E-state index is 3.64. The Hall–Kier alpha value is -0.820. The summed E-state index contributed by atoms with van der Waals surface area (Å²) in [6, 6.07) is 6.58. The zero-order valence-electron chi connectivity index (χ0n) is 13.5. The van der Waals surface area contributed by atoms with Gasteiger partial charge in [0.05, 0.1) is 0 Å². The van der Waals surface area contributed by atoms with Crippen molar-refractivity contribution < 1.29 is 0 Å². The molecule has 0 saturated carbocycles. The minimum absolute atomic E-state index is 0.410. The number of nitrogens with one attached hydrogen (secondary N) is 1. The van der Waals surface area contributed by atoms with Crippen LogP contribution in [0.25, 0.3) is 0 Å². The quantitative estimate of drug-likeness (QED) is 0.649. The molecule has 1 aromatic carbocycles. The Labute approximate surface area is 119 Å². The van der Waals surface area contributed by atoms with Crippen LogP contribution in [-0.4, -0.2) is 6.54 Å². The molecule has 0 fully saturated rings. The maximum Gasteiger partial charge on any atom is 0.0208 e. The van der Waals surface area contributed by atoms with Gasteiger partial charge in [-0.15, -0.1) is 0 Å². The molecule has 0 aromatic heterocycles. The Morgan fingerprint density at radius 1 is 1.11 bits per heavy atom. The number of hydrogen-bond donors (Lipinski definition) is 1. The fraction of sp³-hybridized carbons (Fsp3) is 0.667. The van der Waals surface area contributed by atoms with E-state index in [0.717, 1.165) is 13.1 Å². The molecule has 0 aliphatic rings. The molecule has 0 heterocycles. The average molecular weight is 261 g/mol. The van der Waals surface area contributed by atoms with Crippen LogP contribution in [0.5, 0.6) is 0 Å². The molecular weight excluding hydrogens is 230 g/mol. The molecule has 0 unspecified atom stereocenters. The first-order chi connectivity index (χ1) is 8.96. The van der Waals surface area contributed by atoms with Crippen LogP contribution in [0.1, 0.15) is 63.1 Å². The molecule has 0 aliphatic carbocycles. The topological polar surface area (TPSA) is 12.0 Å². The second-order valence-electron chi connectivity index (χ2n) is 6.58. The van der Waals surface area contributed by atoms with Gasteiger partial charge in [-0.2, -0.15) is 0 Å². The highest BCUT2D eigenvalue weighted by atomic mass is 14.9. The summed E-state index contributed by atoms with van der Waals surface area (Å²) in [5.41, 5.74) is 4.66. The van der Waals surface area contributed by atoms with E-state index in [-0.39, 0.29) is 0 Å². The molecule has 0 spiro atoms. The van der Waals surface area contributed by atoms with Crippen molar-refractivity contribution in [2.75, 3.05) is 6.54 Å². The predicted octanol–water partition coefficient (Wildman–Crippen LogP) is 5.00. The lowest BCUT2D eigenvalue weighted by atomic mass is 9.87. The van der Waals surface area contributed by atoms with Crippen LogP contribution in [0.15, 0.2) is 18.2 Å². The summed E-state index contributed by atoms with van der Waals surface area (Å²) in [5, 5.41) is 3.64. The monoisotopic (exact) mass is 261 g/mol. The van der Waals surface area contributed by atoms with Crippen molar-refractivity contribution >= 4 is 0 Å². The van der Waals surface area contributed by atoms with Gasteiger partial charge < -0.3 is 5.32 Å². The highest BCUT2D eigenvalue weighted by Crippen LogP contribution is 2.23. The van der Waals surface area contributed by atoms with E-state index in [4.69, 9.17) is 0 Å². The SMILES string of the molecule is CCCCCC(C)(C)CNCc1cccc(C)c1C.